The van der Waals surface area contributed by atoms with E-state index in [2.05, 4.69) is 30.1 Å². The first-order chi connectivity index (χ1) is 24.3. The van der Waals surface area contributed by atoms with Crippen LogP contribution in [-0.2, 0) is 29.4 Å². The lowest BCUT2D eigenvalue weighted by Gasteiger charge is -2.33. The van der Waals surface area contributed by atoms with E-state index in [-0.39, 0.29) is 24.1 Å². The largest absolute Gasteiger partial charge is 0.473 e. The summed E-state index contributed by atoms with van der Waals surface area (Å²) in [4.78, 5) is 27.8. The predicted molar refractivity (Wildman–Crippen MR) is 182 cm³/mol. The van der Waals surface area contributed by atoms with Gasteiger partial charge in [0.2, 0.25) is 5.88 Å². The number of likely N-dealkylation sites (N-methyl/N-ethyl adjacent to an activating group) is 1. The normalized spacial score (nSPS) is 25.1. The molecule has 13 heteroatoms. The molecule has 1 aromatic carbocycles. The van der Waals surface area contributed by atoms with Crippen LogP contribution in [0.4, 0.5) is 5.69 Å². The quantitative estimate of drug-likeness (QED) is 0.294. The SMILES string of the molecule is C[C@H](Oc1cc(-n2cc3c(n2)C(=O)N([C@@H]2CCOC2)CC3)nc(-c2noc3c2CCC[C@@]32CCc3ccc(N)c(C#N)c32)n1)[C@@H]1CCCN1C. The van der Waals surface area contributed by atoms with Gasteiger partial charge in [-0.05, 0) is 95.5 Å². The zero-order chi connectivity index (χ0) is 34.1. The van der Waals surface area contributed by atoms with Crippen LogP contribution in [0, 0.1) is 11.3 Å². The number of benzene rings is 1. The standard InChI is InChI=1S/C37H41N9O4/c1-21(28-6-4-14-44(28)2)49-30-17-29(46-19-23-10-15-45(24-11-16-48-20-24)36(47)32(23)42-46)40-35(41-30)33-25-5-3-12-37(34(25)50-43-33)13-9-22-7-8-27(39)26(18-38)31(22)37/h7-8,17,19,21,24,28H,3-6,9-16,20,39H2,1-2H3/t21-,24+,28-,37-/m0/s1. The minimum Gasteiger partial charge on any atom is -0.473 e. The molecule has 1 spiro atoms. The Kier molecular flexibility index (Phi) is 7.44. The van der Waals surface area contributed by atoms with Crippen molar-refractivity contribution < 1.29 is 18.8 Å². The number of nitrogens with two attached hydrogens (primary N) is 1. The van der Waals surface area contributed by atoms with Crippen molar-refractivity contribution in [3.63, 3.8) is 0 Å². The Hall–Kier alpha value is -4.80. The Bertz CT molecular complexity index is 2040. The number of rotatable bonds is 6. The molecule has 50 heavy (non-hydrogen) atoms. The van der Waals surface area contributed by atoms with Crippen molar-refractivity contribution in [3.05, 3.63) is 63.7 Å². The van der Waals surface area contributed by atoms with Gasteiger partial charge in [-0.3, -0.25) is 9.69 Å². The van der Waals surface area contributed by atoms with Crippen LogP contribution < -0.4 is 10.5 Å². The van der Waals surface area contributed by atoms with E-state index in [1.807, 2.05) is 23.2 Å². The number of fused-ring (bicyclic) bond motifs is 5. The van der Waals surface area contributed by atoms with Gasteiger partial charge in [0.05, 0.1) is 23.6 Å². The molecule has 2 fully saturated rings. The second-order valence-corrected chi connectivity index (χ2v) is 14.6. The molecule has 0 radical (unpaired) electrons. The average Bonchev–Trinajstić information content (AvgIpc) is 3.96. The Morgan fingerprint density at radius 2 is 2.00 bits per heavy atom. The fourth-order valence-corrected chi connectivity index (χ4v) is 9.24. The van der Waals surface area contributed by atoms with Crippen LogP contribution in [0.1, 0.15) is 89.5 Å². The summed E-state index contributed by atoms with van der Waals surface area (Å²) in [6.45, 7) is 4.98. The Morgan fingerprint density at radius 1 is 1.10 bits per heavy atom. The fourth-order valence-electron chi connectivity index (χ4n) is 9.24. The molecule has 2 N–H and O–H groups in total. The molecule has 4 atom stereocenters. The Balaban J connectivity index is 1.13. The van der Waals surface area contributed by atoms with Crippen LogP contribution in [0.25, 0.3) is 17.3 Å². The maximum absolute atomic E-state index is 13.6. The number of nitrogens with zero attached hydrogens (tertiary/aromatic N) is 8. The van der Waals surface area contributed by atoms with Gasteiger partial charge in [-0.1, -0.05) is 11.2 Å². The first-order valence-electron chi connectivity index (χ1n) is 17.9. The molecule has 9 rings (SSSR count). The van der Waals surface area contributed by atoms with Gasteiger partial charge >= 0.3 is 0 Å². The minimum atomic E-state index is -0.481. The number of carbonyl (C=O) groups excluding carboxylic acids is 1. The van der Waals surface area contributed by atoms with Crippen LogP contribution >= 0.6 is 0 Å². The van der Waals surface area contributed by atoms with Gasteiger partial charge in [0.15, 0.2) is 28.8 Å². The zero-order valence-electron chi connectivity index (χ0n) is 28.5. The molecule has 1 amide bonds. The number of carbonyl (C=O) groups is 1. The number of aromatic nitrogens is 5. The lowest BCUT2D eigenvalue weighted by molar-refractivity contribution is 0.0629. The highest BCUT2D eigenvalue weighted by Crippen LogP contribution is 2.54. The molecule has 2 aliphatic carbocycles. The molecular weight excluding hydrogens is 634 g/mol. The van der Waals surface area contributed by atoms with E-state index >= 15 is 0 Å². The van der Waals surface area contributed by atoms with E-state index < -0.39 is 5.41 Å². The Labute approximate surface area is 290 Å². The molecule has 5 aliphatic rings. The number of likely N-dealkylation sites (tertiary alicyclic amines) is 1. The number of nitriles is 1. The fraction of sp³-hybridized carbons (Fsp3) is 0.514. The van der Waals surface area contributed by atoms with Crippen molar-refractivity contribution in [1.29, 1.82) is 5.26 Å². The second kappa shape index (κ2) is 11.9. The zero-order valence-corrected chi connectivity index (χ0v) is 28.5. The van der Waals surface area contributed by atoms with Crippen LogP contribution in [0.3, 0.4) is 0 Å². The average molecular weight is 676 g/mol. The van der Waals surface area contributed by atoms with Gasteiger partial charge in [0.25, 0.3) is 5.91 Å². The van der Waals surface area contributed by atoms with Gasteiger partial charge in [-0.2, -0.15) is 15.3 Å². The minimum absolute atomic E-state index is 0.0748. The van der Waals surface area contributed by atoms with Crippen molar-refractivity contribution in [1.82, 2.24) is 34.7 Å². The number of ether oxygens (including phenoxy) is 2. The number of hydrogen-bond donors (Lipinski definition) is 1. The van der Waals surface area contributed by atoms with Crippen molar-refractivity contribution in [3.8, 4) is 29.3 Å². The van der Waals surface area contributed by atoms with Crippen LogP contribution in [-0.4, -0.2) is 92.2 Å². The number of hydrogen-bond acceptors (Lipinski definition) is 11. The first-order valence-corrected chi connectivity index (χ1v) is 17.9. The summed E-state index contributed by atoms with van der Waals surface area (Å²) >= 11 is 0. The highest BCUT2D eigenvalue weighted by molar-refractivity contribution is 5.95. The third-order valence-electron chi connectivity index (χ3n) is 11.8. The molecule has 0 bridgehead atoms. The van der Waals surface area contributed by atoms with Crippen LogP contribution in [0.15, 0.2) is 28.9 Å². The predicted octanol–water partition coefficient (Wildman–Crippen LogP) is 3.99. The highest BCUT2D eigenvalue weighted by Gasteiger charge is 2.49. The van der Waals surface area contributed by atoms with Crippen LogP contribution in [0.5, 0.6) is 5.88 Å². The molecule has 3 aromatic heterocycles. The topological polar surface area (TPSA) is 161 Å². The molecule has 6 heterocycles. The van der Waals surface area contributed by atoms with Gasteiger partial charge in [-0.25, -0.2) is 9.67 Å². The van der Waals surface area contributed by atoms with E-state index in [1.165, 1.54) is 0 Å². The summed E-state index contributed by atoms with van der Waals surface area (Å²) in [5, 5.41) is 19.6. The van der Waals surface area contributed by atoms with E-state index in [4.69, 9.17) is 34.8 Å². The number of anilines is 1. The number of aryl methyl sites for hydroxylation is 1. The summed E-state index contributed by atoms with van der Waals surface area (Å²) in [5.41, 5.74) is 11.8. The molecule has 258 valence electrons. The first kappa shape index (κ1) is 31.2. The van der Waals surface area contributed by atoms with Crippen molar-refractivity contribution >= 4 is 11.6 Å². The third kappa shape index (κ3) is 4.83. The molecule has 0 saturated carbocycles. The highest BCUT2D eigenvalue weighted by atomic mass is 16.5. The number of amides is 1. The number of nitrogen functional groups attached to an aromatic ring is 1. The maximum atomic E-state index is 13.6. The van der Waals surface area contributed by atoms with Crippen molar-refractivity contribution in [2.75, 3.05) is 39.1 Å². The summed E-state index contributed by atoms with van der Waals surface area (Å²) in [6, 6.07) is 8.39. The van der Waals surface area contributed by atoms with Gasteiger partial charge < -0.3 is 24.6 Å². The summed E-state index contributed by atoms with van der Waals surface area (Å²) in [7, 11) is 2.13. The molecule has 2 saturated heterocycles. The third-order valence-corrected chi connectivity index (χ3v) is 11.8. The monoisotopic (exact) mass is 675 g/mol. The molecule has 3 aliphatic heterocycles. The van der Waals surface area contributed by atoms with Gasteiger partial charge in [0.1, 0.15) is 12.2 Å². The van der Waals surface area contributed by atoms with E-state index in [1.54, 1.807) is 10.7 Å². The molecular formula is C37H41N9O4. The van der Waals surface area contributed by atoms with Crippen molar-refractivity contribution in [2.24, 2.45) is 0 Å². The Morgan fingerprint density at radius 3 is 2.80 bits per heavy atom. The molecule has 4 aromatic rings. The molecule has 0 unspecified atom stereocenters. The second-order valence-electron chi connectivity index (χ2n) is 14.6. The van der Waals surface area contributed by atoms with Crippen LogP contribution in [0.2, 0.25) is 0 Å². The lowest BCUT2D eigenvalue weighted by Crippen LogP contribution is -2.45. The lowest BCUT2D eigenvalue weighted by atomic mass is 9.68. The van der Waals surface area contributed by atoms with E-state index in [0.717, 1.165) is 85.9 Å². The van der Waals surface area contributed by atoms with Gasteiger partial charge in [0, 0.05) is 48.3 Å². The van der Waals surface area contributed by atoms with Gasteiger partial charge in [-0.15, -0.1) is 0 Å². The molecule has 13 nitrogen and oxygen atoms in total. The van der Waals surface area contributed by atoms with Crippen molar-refractivity contribution in [2.45, 2.75) is 88.3 Å². The maximum Gasteiger partial charge on any atom is 0.274 e. The smallest absolute Gasteiger partial charge is 0.274 e. The summed E-state index contributed by atoms with van der Waals surface area (Å²) in [6.07, 6.45) is 9.65. The van der Waals surface area contributed by atoms with E-state index in [0.29, 0.717) is 66.3 Å². The summed E-state index contributed by atoms with van der Waals surface area (Å²) < 4.78 is 20.1. The van der Waals surface area contributed by atoms with E-state index in [9.17, 15) is 10.1 Å². The summed E-state index contributed by atoms with van der Waals surface area (Å²) in [5.74, 6) is 1.98.